The van der Waals surface area contributed by atoms with Crippen molar-refractivity contribution in [2.24, 2.45) is 0 Å². The molecule has 3 aromatic carbocycles. The van der Waals surface area contributed by atoms with Gasteiger partial charge in [-0.3, -0.25) is 0 Å². The summed E-state index contributed by atoms with van der Waals surface area (Å²) in [5, 5.41) is 9.12. The van der Waals surface area contributed by atoms with Gasteiger partial charge in [0, 0.05) is 32.1 Å². The Balaban J connectivity index is 1.24. The van der Waals surface area contributed by atoms with E-state index in [9.17, 15) is 22.4 Å². The van der Waals surface area contributed by atoms with Gasteiger partial charge in [-0.05, 0) is 40.5 Å². The van der Waals surface area contributed by atoms with Crippen molar-refractivity contribution in [2.45, 2.75) is 10.8 Å². The molecule has 10 heteroatoms. The first-order valence-electron chi connectivity index (χ1n) is 11.4. The number of carbonyl (C=O) groups excluding carboxylic acids is 1. The lowest BCUT2D eigenvalue weighted by molar-refractivity contribution is 0.0696. The van der Waals surface area contributed by atoms with Crippen molar-refractivity contribution in [1.29, 1.82) is 0 Å². The molecule has 3 aromatic rings. The Hall–Kier alpha value is -3.76. The number of carboxylic acids is 1. The molecule has 0 radical (unpaired) electrons. The first-order valence-corrected chi connectivity index (χ1v) is 12.8. The van der Waals surface area contributed by atoms with Crippen molar-refractivity contribution in [2.75, 3.05) is 32.8 Å². The third kappa shape index (κ3) is 4.22. The lowest BCUT2D eigenvalue weighted by Gasteiger charge is -2.33. The van der Waals surface area contributed by atoms with Crippen LogP contribution in [0.5, 0.6) is 0 Å². The molecule has 0 atom stereocenters. The topological polar surface area (TPSA) is 104 Å². The lowest BCUT2D eigenvalue weighted by atomic mass is 9.98. The van der Waals surface area contributed by atoms with Crippen LogP contribution in [-0.2, 0) is 14.8 Å². The Morgan fingerprint density at radius 2 is 1.50 bits per heavy atom. The zero-order valence-corrected chi connectivity index (χ0v) is 19.9. The molecule has 1 fully saturated rings. The molecular weight excluding hydrogens is 487 g/mol. The zero-order chi connectivity index (χ0) is 25.4. The maximum absolute atomic E-state index is 14.3. The van der Waals surface area contributed by atoms with Gasteiger partial charge in [0.05, 0.1) is 5.56 Å². The molecule has 5 rings (SSSR count). The number of carboxylic acid groups (broad SMARTS) is 1. The number of hydrogen-bond acceptors (Lipinski definition) is 5. The summed E-state index contributed by atoms with van der Waals surface area (Å²) in [5.74, 6) is -2.47. The molecule has 2 aliphatic rings. The molecule has 1 aliphatic heterocycles. The number of carbonyl (C=O) groups is 2. The van der Waals surface area contributed by atoms with Crippen LogP contribution in [-0.4, -0.2) is 67.6 Å². The highest BCUT2D eigenvalue weighted by Gasteiger charge is 2.34. The van der Waals surface area contributed by atoms with Gasteiger partial charge >= 0.3 is 12.1 Å². The molecule has 0 aromatic heterocycles. The molecule has 1 N–H and O–H groups in total. The molecule has 0 saturated carbocycles. The predicted octanol–water partition coefficient (Wildman–Crippen LogP) is 3.78. The van der Waals surface area contributed by atoms with Crippen LogP contribution in [0, 0.1) is 5.82 Å². The largest absolute Gasteiger partial charge is 0.478 e. The summed E-state index contributed by atoms with van der Waals surface area (Å²) in [6, 6.07) is 18.6. The summed E-state index contributed by atoms with van der Waals surface area (Å²) >= 11 is 0. The minimum atomic E-state index is -4.27. The molecule has 1 heterocycles. The van der Waals surface area contributed by atoms with Gasteiger partial charge in [-0.25, -0.2) is 22.4 Å². The summed E-state index contributed by atoms with van der Waals surface area (Å²) in [5.41, 5.74) is 4.09. The summed E-state index contributed by atoms with van der Waals surface area (Å²) in [4.78, 5) is 24.7. The average molecular weight is 511 g/mol. The smallest absolute Gasteiger partial charge is 0.409 e. The molecule has 8 nitrogen and oxygen atoms in total. The van der Waals surface area contributed by atoms with E-state index in [1.54, 1.807) is 0 Å². The number of halogens is 1. The SMILES string of the molecule is O=C(O)c1ccc(F)c(S(=O)(=O)N2CCN(C(=O)OCC3c4ccccc4-c4ccccc43)CC2)c1. The van der Waals surface area contributed by atoms with Gasteiger partial charge in [0.2, 0.25) is 10.0 Å². The number of aromatic carboxylic acids is 1. The van der Waals surface area contributed by atoms with Crippen LogP contribution in [0.2, 0.25) is 0 Å². The summed E-state index contributed by atoms with van der Waals surface area (Å²) < 4.78 is 46.9. The highest BCUT2D eigenvalue weighted by Crippen LogP contribution is 2.44. The van der Waals surface area contributed by atoms with Gasteiger partial charge in [0.15, 0.2) is 0 Å². The second-order valence-electron chi connectivity index (χ2n) is 8.65. The van der Waals surface area contributed by atoms with Crippen LogP contribution >= 0.6 is 0 Å². The number of rotatable bonds is 5. The molecule has 1 amide bonds. The number of piperazine rings is 1. The summed E-state index contributed by atoms with van der Waals surface area (Å²) in [7, 11) is -4.27. The van der Waals surface area contributed by atoms with Crippen LogP contribution in [0.3, 0.4) is 0 Å². The number of amides is 1. The van der Waals surface area contributed by atoms with Crippen LogP contribution in [0.25, 0.3) is 11.1 Å². The van der Waals surface area contributed by atoms with Crippen molar-refractivity contribution >= 4 is 22.1 Å². The second-order valence-corrected chi connectivity index (χ2v) is 10.6. The Bertz CT molecular complexity index is 1400. The highest BCUT2D eigenvalue weighted by molar-refractivity contribution is 7.89. The maximum atomic E-state index is 14.3. The number of benzene rings is 3. The lowest BCUT2D eigenvalue weighted by Crippen LogP contribution is -2.50. The van der Waals surface area contributed by atoms with E-state index in [-0.39, 0.29) is 44.3 Å². The van der Waals surface area contributed by atoms with Crippen molar-refractivity contribution in [3.05, 3.63) is 89.2 Å². The van der Waals surface area contributed by atoms with Crippen LogP contribution in [0.15, 0.2) is 71.6 Å². The van der Waals surface area contributed by atoms with E-state index < -0.39 is 32.8 Å². The molecular formula is C26H23FN2O6S. The third-order valence-corrected chi connectivity index (χ3v) is 8.54. The Morgan fingerprint density at radius 1 is 0.917 bits per heavy atom. The zero-order valence-electron chi connectivity index (χ0n) is 19.1. The summed E-state index contributed by atoms with van der Waals surface area (Å²) in [6.45, 7) is 0.150. The fourth-order valence-electron chi connectivity index (χ4n) is 4.77. The quantitative estimate of drug-likeness (QED) is 0.560. The number of nitrogens with zero attached hydrogens (tertiary/aromatic N) is 2. The van der Waals surface area contributed by atoms with Gasteiger partial charge in [-0.2, -0.15) is 4.31 Å². The van der Waals surface area contributed by atoms with E-state index in [1.165, 1.54) is 4.90 Å². The number of sulfonamides is 1. The Kier molecular flexibility index (Phi) is 6.23. The number of hydrogen-bond donors (Lipinski definition) is 1. The Morgan fingerprint density at radius 3 is 2.08 bits per heavy atom. The van der Waals surface area contributed by atoms with E-state index in [0.29, 0.717) is 0 Å². The molecule has 0 unspecified atom stereocenters. The van der Waals surface area contributed by atoms with Crippen molar-refractivity contribution in [3.63, 3.8) is 0 Å². The van der Waals surface area contributed by atoms with Crippen molar-refractivity contribution in [1.82, 2.24) is 9.21 Å². The molecule has 186 valence electrons. The fourth-order valence-corrected chi connectivity index (χ4v) is 6.28. The number of ether oxygens (including phenoxy) is 1. The molecule has 1 aliphatic carbocycles. The van der Waals surface area contributed by atoms with Gasteiger partial charge in [-0.1, -0.05) is 48.5 Å². The maximum Gasteiger partial charge on any atom is 0.409 e. The average Bonchev–Trinajstić information content (AvgIpc) is 3.21. The fraction of sp³-hybridized carbons (Fsp3) is 0.231. The predicted molar refractivity (Wildman–Crippen MR) is 129 cm³/mol. The van der Waals surface area contributed by atoms with Crippen molar-refractivity contribution in [3.8, 4) is 11.1 Å². The van der Waals surface area contributed by atoms with E-state index in [4.69, 9.17) is 9.84 Å². The Labute approximate surface area is 207 Å². The van der Waals surface area contributed by atoms with Crippen LogP contribution in [0.1, 0.15) is 27.4 Å². The minimum absolute atomic E-state index is 0.0656. The van der Waals surface area contributed by atoms with E-state index in [1.807, 2.05) is 48.5 Å². The minimum Gasteiger partial charge on any atom is -0.478 e. The summed E-state index contributed by atoms with van der Waals surface area (Å²) in [6.07, 6.45) is -0.548. The van der Waals surface area contributed by atoms with Crippen LogP contribution in [0.4, 0.5) is 9.18 Å². The number of fused-ring (bicyclic) bond motifs is 3. The monoisotopic (exact) mass is 510 g/mol. The van der Waals surface area contributed by atoms with E-state index >= 15 is 0 Å². The third-order valence-electron chi connectivity index (χ3n) is 6.63. The van der Waals surface area contributed by atoms with E-state index in [0.717, 1.165) is 44.8 Å². The van der Waals surface area contributed by atoms with Gasteiger partial charge in [0.25, 0.3) is 0 Å². The molecule has 0 spiro atoms. The first-order chi connectivity index (χ1) is 17.3. The highest BCUT2D eigenvalue weighted by atomic mass is 32.2. The van der Waals surface area contributed by atoms with Crippen LogP contribution < -0.4 is 0 Å². The second kappa shape index (κ2) is 9.36. The first kappa shape index (κ1) is 24.0. The van der Waals surface area contributed by atoms with Gasteiger partial charge in [-0.15, -0.1) is 0 Å². The van der Waals surface area contributed by atoms with Gasteiger partial charge < -0.3 is 14.7 Å². The van der Waals surface area contributed by atoms with Gasteiger partial charge in [0.1, 0.15) is 17.3 Å². The molecule has 0 bridgehead atoms. The standard InChI is InChI=1S/C26H23FN2O6S/c27-23-10-9-17(25(30)31)15-24(23)36(33,34)29-13-11-28(12-14-29)26(32)35-16-22-20-7-3-1-5-18(20)19-6-2-4-8-21(19)22/h1-10,15,22H,11-14,16H2,(H,30,31). The molecule has 36 heavy (non-hydrogen) atoms. The van der Waals surface area contributed by atoms with E-state index in [2.05, 4.69) is 0 Å². The van der Waals surface area contributed by atoms with Crippen molar-refractivity contribution < 1.29 is 32.2 Å². The normalized spacial score (nSPS) is 15.9. The molecule has 1 saturated heterocycles.